The Morgan fingerprint density at radius 2 is 2.44 bits per heavy atom. The van der Waals surface area contributed by atoms with Gasteiger partial charge in [0, 0.05) is 6.20 Å². The van der Waals surface area contributed by atoms with Crippen LogP contribution in [0.4, 0.5) is 5.82 Å². The Hall–Kier alpha value is -1.84. The van der Waals surface area contributed by atoms with E-state index in [2.05, 4.69) is 16.8 Å². The number of hydrogen-bond acceptors (Lipinski definition) is 5. The van der Waals surface area contributed by atoms with Gasteiger partial charge in [-0.3, -0.25) is 4.57 Å². The molecule has 18 heavy (non-hydrogen) atoms. The van der Waals surface area contributed by atoms with Crippen LogP contribution in [0.5, 0.6) is 0 Å². The third-order valence-corrected chi connectivity index (χ3v) is 2.84. The summed E-state index contributed by atoms with van der Waals surface area (Å²) in [6.07, 6.45) is 2.31. The van der Waals surface area contributed by atoms with Gasteiger partial charge in [-0.2, -0.15) is 4.98 Å². The van der Waals surface area contributed by atoms with E-state index in [1.807, 2.05) is 0 Å². The van der Waals surface area contributed by atoms with Crippen molar-refractivity contribution in [3.8, 4) is 11.8 Å². The molecular weight excluding hydrogens is 234 g/mol. The van der Waals surface area contributed by atoms with E-state index in [9.17, 15) is 4.79 Å². The molecule has 0 saturated carbocycles. The van der Waals surface area contributed by atoms with Crippen LogP contribution in [-0.2, 0) is 4.74 Å². The fraction of sp³-hybridized carbons (Fsp3) is 0.500. The van der Waals surface area contributed by atoms with E-state index in [1.165, 1.54) is 4.57 Å². The van der Waals surface area contributed by atoms with Crippen LogP contribution in [0.2, 0.25) is 0 Å². The molecule has 0 radical (unpaired) electrons. The third-order valence-electron chi connectivity index (χ3n) is 2.84. The molecule has 6 nitrogen and oxygen atoms in total. The second-order valence-electron chi connectivity index (χ2n) is 4.08. The fourth-order valence-corrected chi connectivity index (χ4v) is 1.94. The monoisotopic (exact) mass is 249 g/mol. The van der Waals surface area contributed by atoms with Crippen LogP contribution < -0.4 is 11.4 Å². The smallest absolute Gasteiger partial charge is 0.351 e. The van der Waals surface area contributed by atoms with Crippen LogP contribution >= 0.6 is 0 Å². The lowest BCUT2D eigenvalue weighted by atomic mass is 10.2. The maximum absolute atomic E-state index is 11.8. The Morgan fingerprint density at radius 1 is 1.67 bits per heavy atom. The molecule has 0 aromatic carbocycles. The van der Waals surface area contributed by atoms with Gasteiger partial charge in [-0.25, -0.2) is 4.79 Å². The maximum Gasteiger partial charge on any atom is 0.351 e. The first-order valence-electron chi connectivity index (χ1n) is 5.73. The second kappa shape index (κ2) is 5.21. The van der Waals surface area contributed by atoms with Crippen LogP contribution in [0.1, 0.15) is 31.6 Å². The van der Waals surface area contributed by atoms with Gasteiger partial charge in [0.15, 0.2) is 0 Å². The molecule has 2 heterocycles. The summed E-state index contributed by atoms with van der Waals surface area (Å²) in [4.78, 5) is 15.5. The molecule has 6 heteroatoms. The zero-order valence-corrected chi connectivity index (χ0v) is 10.1. The van der Waals surface area contributed by atoms with Crippen LogP contribution in [0, 0.1) is 11.8 Å². The first-order valence-corrected chi connectivity index (χ1v) is 5.73. The molecule has 3 N–H and O–H groups in total. The Kier molecular flexibility index (Phi) is 3.65. The van der Waals surface area contributed by atoms with E-state index in [0.29, 0.717) is 18.4 Å². The quantitative estimate of drug-likeness (QED) is 0.712. The molecule has 2 rings (SSSR count). The van der Waals surface area contributed by atoms with Crippen LogP contribution in [-0.4, -0.2) is 27.4 Å². The average Bonchev–Trinajstić information content (AvgIpc) is 2.81. The number of rotatable bonds is 2. The van der Waals surface area contributed by atoms with E-state index in [1.54, 1.807) is 13.1 Å². The number of nitrogen functional groups attached to an aromatic ring is 1. The van der Waals surface area contributed by atoms with Crippen molar-refractivity contribution >= 4 is 5.82 Å². The molecule has 0 amide bonds. The van der Waals surface area contributed by atoms with Crippen molar-refractivity contribution in [2.75, 3.05) is 12.3 Å². The molecule has 1 aliphatic rings. The van der Waals surface area contributed by atoms with Gasteiger partial charge in [0.2, 0.25) is 0 Å². The Balaban J connectivity index is 2.35. The topological polar surface area (TPSA) is 90.4 Å². The van der Waals surface area contributed by atoms with Crippen molar-refractivity contribution in [1.29, 1.82) is 0 Å². The molecule has 0 aliphatic carbocycles. The van der Waals surface area contributed by atoms with Crippen molar-refractivity contribution < 1.29 is 9.84 Å². The van der Waals surface area contributed by atoms with Crippen molar-refractivity contribution in [3.63, 3.8) is 0 Å². The highest BCUT2D eigenvalue weighted by molar-refractivity contribution is 5.48. The highest BCUT2D eigenvalue weighted by Gasteiger charge is 2.27. The predicted octanol–water partition coefficient (Wildman–Crippen LogP) is -0.133. The van der Waals surface area contributed by atoms with E-state index in [4.69, 9.17) is 15.6 Å². The zero-order chi connectivity index (χ0) is 13.1. The summed E-state index contributed by atoms with van der Waals surface area (Å²) in [5.41, 5.74) is 5.67. The van der Waals surface area contributed by atoms with E-state index in [-0.39, 0.29) is 18.5 Å². The molecule has 0 unspecified atom stereocenters. The lowest BCUT2D eigenvalue weighted by Crippen LogP contribution is -2.28. The summed E-state index contributed by atoms with van der Waals surface area (Å²) in [5.74, 6) is 5.63. The van der Waals surface area contributed by atoms with Gasteiger partial charge in [-0.1, -0.05) is 5.92 Å². The van der Waals surface area contributed by atoms with Crippen LogP contribution in [0.25, 0.3) is 0 Å². The van der Waals surface area contributed by atoms with E-state index >= 15 is 0 Å². The number of nitrogens with zero attached hydrogens (tertiary/aromatic N) is 2. The minimum atomic E-state index is -0.460. The fourth-order valence-electron chi connectivity index (χ4n) is 1.94. The molecule has 0 bridgehead atoms. The summed E-state index contributed by atoms with van der Waals surface area (Å²) >= 11 is 0. The molecule has 1 fully saturated rings. The number of hydrogen-bond donors (Lipinski definition) is 2. The molecule has 0 spiro atoms. The van der Waals surface area contributed by atoms with Crippen LogP contribution in [0.15, 0.2) is 11.0 Å². The number of nitrogens with two attached hydrogens (primary N) is 1. The van der Waals surface area contributed by atoms with Crippen molar-refractivity contribution in [3.05, 3.63) is 22.2 Å². The van der Waals surface area contributed by atoms with Gasteiger partial charge in [-0.15, -0.1) is 5.92 Å². The van der Waals surface area contributed by atoms with Gasteiger partial charge in [0.25, 0.3) is 0 Å². The van der Waals surface area contributed by atoms with Crippen molar-refractivity contribution in [2.45, 2.75) is 32.1 Å². The maximum atomic E-state index is 11.8. The minimum absolute atomic E-state index is 0.0464. The van der Waals surface area contributed by atoms with Gasteiger partial charge >= 0.3 is 5.69 Å². The first kappa shape index (κ1) is 12.6. The lowest BCUT2D eigenvalue weighted by molar-refractivity contribution is -0.0245. The predicted molar refractivity (Wildman–Crippen MR) is 65.7 cm³/mol. The number of aromatic nitrogens is 2. The first-order chi connectivity index (χ1) is 8.65. The molecule has 2 atom stereocenters. The summed E-state index contributed by atoms with van der Waals surface area (Å²) < 4.78 is 6.92. The summed E-state index contributed by atoms with van der Waals surface area (Å²) in [7, 11) is 0. The van der Waals surface area contributed by atoms with Gasteiger partial charge < -0.3 is 15.6 Å². The Bertz CT molecular complexity index is 556. The highest BCUT2D eigenvalue weighted by Crippen LogP contribution is 2.26. The third kappa shape index (κ3) is 2.37. The zero-order valence-electron chi connectivity index (χ0n) is 10.1. The molecule has 96 valence electrons. The van der Waals surface area contributed by atoms with Gasteiger partial charge in [0.05, 0.1) is 18.3 Å². The number of aliphatic hydroxyl groups is 1. The van der Waals surface area contributed by atoms with Crippen molar-refractivity contribution in [2.24, 2.45) is 0 Å². The highest BCUT2D eigenvalue weighted by atomic mass is 16.5. The molecule has 1 aromatic heterocycles. The number of anilines is 1. The largest absolute Gasteiger partial charge is 0.394 e. The average molecular weight is 249 g/mol. The number of ether oxygens (including phenoxy) is 1. The van der Waals surface area contributed by atoms with Crippen molar-refractivity contribution in [1.82, 2.24) is 9.55 Å². The minimum Gasteiger partial charge on any atom is -0.394 e. The van der Waals surface area contributed by atoms with E-state index < -0.39 is 11.9 Å². The number of aliphatic hydroxyl groups excluding tert-OH is 1. The Morgan fingerprint density at radius 3 is 3.06 bits per heavy atom. The van der Waals surface area contributed by atoms with Gasteiger partial charge in [0.1, 0.15) is 12.0 Å². The van der Waals surface area contributed by atoms with E-state index in [0.717, 1.165) is 0 Å². The SMILES string of the molecule is CC#Cc1cn([C@H]2CC[C@@H](CO)O2)c(=O)nc1N. The lowest BCUT2D eigenvalue weighted by Gasteiger charge is -2.15. The molecule has 1 saturated heterocycles. The van der Waals surface area contributed by atoms with Crippen LogP contribution in [0.3, 0.4) is 0 Å². The molecule has 1 aliphatic heterocycles. The van der Waals surface area contributed by atoms with Gasteiger partial charge in [-0.05, 0) is 19.8 Å². The summed E-state index contributed by atoms with van der Waals surface area (Å²) in [6.45, 7) is 1.64. The summed E-state index contributed by atoms with van der Waals surface area (Å²) in [6, 6.07) is 0. The Labute approximate surface area is 104 Å². The molecular formula is C12H15N3O3. The second-order valence-corrected chi connectivity index (χ2v) is 4.08. The standard InChI is InChI=1S/C12H15N3O3/c1-2-3-8-6-15(12(17)14-11(8)13)10-5-4-9(7-16)18-10/h6,9-10,16H,4-5,7H2,1H3,(H2,13,14,17)/t9-,10+/m0/s1. The molecule has 1 aromatic rings. The summed E-state index contributed by atoms with van der Waals surface area (Å²) in [5, 5.41) is 9.01. The normalized spacial score (nSPS) is 22.6.